The van der Waals surface area contributed by atoms with Crippen molar-refractivity contribution in [3.8, 4) is 5.88 Å². The standard InChI is InChI=1S/C10H17N3O3S/c1-16-10-4-3-9(7-12-10)8-13-17(14,15)6-2-5-11/h3-4,7,13H,2,5-6,8,11H2,1H3. The Morgan fingerprint density at radius 1 is 1.47 bits per heavy atom. The summed E-state index contributed by atoms with van der Waals surface area (Å²) in [6, 6.07) is 3.45. The number of sulfonamides is 1. The van der Waals surface area contributed by atoms with Crippen molar-refractivity contribution < 1.29 is 13.2 Å². The molecule has 6 nitrogen and oxygen atoms in total. The van der Waals surface area contributed by atoms with Gasteiger partial charge in [0.2, 0.25) is 15.9 Å². The summed E-state index contributed by atoms with van der Waals surface area (Å²) in [6.07, 6.45) is 2.03. The van der Waals surface area contributed by atoms with Gasteiger partial charge in [-0.15, -0.1) is 0 Å². The zero-order chi connectivity index (χ0) is 12.7. The predicted molar refractivity (Wildman–Crippen MR) is 65.1 cm³/mol. The number of aromatic nitrogens is 1. The number of hydrogen-bond donors (Lipinski definition) is 2. The minimum absolute atomic E-state index is 0.0487. The van der Waals surface area contributed by atoms with E-state index in [1.54, 1.807) is 18.3 Å². The summed E-state index contributed by atoms with van der Waals surface area (Å²) >= 11 is 0. The quantitative estimate of drug-likeness (QED) is 0.710. The van der Waals surface area contributed by atoms with Crippen LogP contribution in [0.2, 0.25) is 0 Å². The van der Waals surface area contributed by atoms with Crippen LogP contribution in [0.25, 0.3) is 0 Å². The van der Waals surface area contributed by atoms with Crippen molar-refractivity contribution in [3.63, 3.8) is 0 Å². The molecule has 1 heterocycles. The Morgan fingerprint density at radius 2 is 2.24 bits per heavy atom. The molecule has 1 aromatic heterocycles. The number of pyridine rings is 1. The lowest BCUT2D eigenvalue weighted by Gasteiger charge is -2.06. The Bertz CT molecular complexity index is 431. The lowest BCUT2D eigenvalue weighted by atomic mass is 10.3. The first-order valence-electron chi connectivity index (χ1n) is 5.24. The maximum absolute atomic E-state index is 11.5. The summed E-state index contributed by atoms with van der Waals surface area (Å²) in [5, 5.41) is 0. The van der Waals surface area contributed by atoms with E-state index < -0.39 is 10.0 Å². The number of methoxy groups -OCH3 is 1. The van der Waals surface area contributed by atoms with Gasteiger partial charge >= 0.3 is 0 Å². The molecule has 0 aliphatic heterocycles. The highest BCUT2D eigenvalue weighted by atomic mass is 32.2. The third kappa shape index (κ3) is 5.12. The van der Waals surface area contributed by atoms with E-state index in [2.05, 4.69) is 9.71 Å². The summed E-state index contributed by atoms with van der Waals surface area (Å²) in [5.74, 6) is 0.548. The molecule has 0 fully saturated rings. The molecule has 0 bridgehead atoms. The molecule has 0 spiro atoms. The van der Waals surface area contributed by atoms with Crippen molar-refractivity contribution in [1.29, 1.82) is 0 Å². The van der Waals surface area contributed by atoms with E-state index in [1.165, 1.54) is 7.11 Å². The highest BCUT2D eigenvalue weighted by Crippen LogP contribution is 2.06. The first-order valence-corrected chi connectivity index (χ1v) is 6.89. The Morgan fingerprint density at radius 3 is 2.76 bits per heavy atom. The van der Waals surface area contributed by atoms with Gasteiger partial charge in [0.05, 0.1) is 12.9 Å². The predicted octanol–water partition coefficient (Wildman–Crippen LogP) is -0.142. The number of ether oxygens (including phenoxy) is 1. The van der Waals surface area contributed by atoms with E-state index in [1.807, 2.05) is 0 Å². The molecule has 0 saturated heterocycles. The third-order valence-electron chi connectivity index (χ3n) is 2.12. The van der Waals surface area contributed by atoms with Crippen LogP contribution in [0.3, 0.4) is 0 Å². The first-order chi connectivity index (χ1) is 8.07. The zero-order valence-corrected chi connectivity index (χ0v) is 10.5. The SMILES string of the molecule is COc1ccc(CNS(=O)(=O)CCCN)cn1. The van der Waals surface area contributed by atoms with Crippen LogP contribution in [0, 0.1) is 0 Å². The second-order valence-electron chi connectivity index (χ2n) is 3.49. The monoisotopic (exact) mass is 259 g/mol. The van der Waals surface area contributed by atoms with Crippen molar-refractivity contribution in [2.45, 2.75) is 13.0 Å². The molecule has 0 aromatic carbocycles. The van der Waals surface area contributed by atoms with Crippen molar-refractivity contribution in [2.75, 3.05) is 19.4 Å². The van der Waals surface area contributed by atoms with Crippen molar-refractivity contribution in [1.82, 2.24) is 9.71 Å². The normalized spacial score (nSPS) is 11.4. The number of rotatable bonds is 7. The summed E-state index contributed by atoms with van der Waals surface area (Å²) in [6.45, 7) is 0.592. The minimum Gasteiger partial charge on any atom is -0.481 e. The van der Waals surface area contributed by atoms with Crippen LogP contribution in [-0.4, -0.2) is 32.8 Å². The van der Waals surface area contributed by atoms with Gasteiger partial charge in [0.25, 0.3) is 0 Å². The van der Waals surface area contributed by atoms with Crippen LogP contribution in [-0.2, 0) is 16.6 Å². The second-order valence-corrected chi connectivity index (χ2v) is 5.42. The zero-order valence-electron chi connectivity index (χ0n) is 9.72. The molecule has 7 heteroatoms. The Kier molecular flexibility index (Phi) is 5.33. The van der Waals surface area contributed by atoms with Crippen LogP contribution in [0.15, 0.2) is 18.3 Å². The fourth-order valence-corrected chi connectivity index (χ4v) is 2.25. The van der Waals surface area contributed by atoms with E-state index in [0.29, 0.717) is 18.8 Å². The molecule has 1 aromatic rings. The van der Waals surface area contributed by atoms with Gasteiger partial charge in [-0.2, -0.15) is 0 Å². The van der Waals surface area contributed by atoms with Gasteiger partial charge in [-0.1, -0.05) is 6.07 Å². The van der Waals surface area contributed by atoms with E-state index in [-0.39, 0.29) is 12.3 Å². The Labute approximate surface area is 101 Å². The van der Waals surface area contributed by atoms with Gasteiger partial charge in [-0.05, 0) is 18.5 Å². The maximum atomic E-state index is 11.5. The number of nitrogens with zero attached hydrogens (tertiary/aromatic N) is 1. The van der Waals surface area contributed by atoms with Gasteiger partial charge < -0.3 is 10.5 Å². The molecule has 0 saturated carbocycles. The lowest BCUT2D eigenvalue weighted by Crippen LogP contribution is -2.27. The molecule has 0 radical (unpaired) electrons. The largest absolute Gasteiger partial charge is 0.481 e. The van der Waals surface area contributed by atoms with Crippen molar-refractivity contribution in [2.24, 2.45) is 5.73 Å². The molecule has 0 aliphatic carbocycles. The van der Waals surface area contributed by atoms with Gasteiger partial charge in [0.15, 0.2) is 0 Å². The maximum Gasteiger partial charge on any atom is 0.212 e. The van der Waals surface area contributed by atoms with E-state index in [9.17, 15) is 8.42 Å². The van der Waals surface area contributed by atoms with Crippen LogP contribution in [0.4, 0.5) is 0 Å². The average Bonchev–Trinajstić information content (AvgIpc) is 2.35. The van der Waals surface area contributed by atoms with Crippen LogP contribution < -0.4 is 15.2 Å². The van der Waals surface area contributed by atoms with Crippen molar-refractivity contribution in [3.05, 3.63) is 23.9 Å². The number of nitrogens with one attached hydrogen (secondary N) is 1. The highest BCUT2D eigenvalue weighted by Gasteiger charge is 2.08. The van der Waals surface area contributed by atoms with E-state index in [0.717, 1.165) is 5.56 Å². The Hall–Kier alpha value is -1.18. The molecule has 96 valence electrons. The fraction of sp³-hybridized carbons (Fsp3) is 0.500. The van der Waals surface area contributed by atoms with Crippen molar-refractivity contribution >= 4 is 10.0 Å². The summed E-state index contributed by atoms with van der Waals surface area (Å²) in [4.78, 5) is 3.98. The first kappa shape index (κ1) is 13.9. The molecule has 0 amide bonds. The lowest BCUT2D eigenvalue weighted by molar-refractivity contribution is 0.397. The van der Waals surface area contributed by atoms with Gasteiger partial charge in [-0.3, -0.25) is 0 Å². The van der Waals surface area contributed by atoms with Crippen LogP contribution >= 0.6 is 0 Å². The molecule has 0 unspecified atom stereocenters. The molecule has 1 rings (SSSR count). The van der Waals surface area contributed by atoms with Crippen LogP contribution in [0.5, 0.6) is 5.88 Å². The van der Waals surface area contributed by atoms with Gasteiger partial charge in [0.1, 0.15) is 0 Å². The third-order valence-corrected chi connectivity index (χ3v) is 3.53. The van der Waals surface area contributed by atoms with E-state index >= 15 is 0 Å². The van der Waals surface area contributed by atoms with Crippen LogP contribution in [0.1, 0.15) is 12.0 Å². The molecular formula is C10H17N3O3S. The second kappa shape index (κ2) is 6.53. The van der Waals surface area contributed by atoms with E-state index in [4.69, 9.17) is 10.5 Å². The molecular weight excluding hydrogens is 242 g/mol. The minimum atomic E-state index is -3.25. The average molecular weight is 259 g/mol. The fourth-order valence-electron chi connectivity index (χ4n) is 1.18. The smallest absolute Gasteiger partial charge is 0.212 e. The highest BCUT2D eigenvalue weighted by molar-refractivity contribution is 7.89. The van der Waals surface area contributed by atoms with Gasteiger partial charge in [-0.25, -0.2) is 18.1 Å². The molecule has 3 N–H and O–H groups in total. The van der Waals surface area contributed by atoms with Gasteiger partial charge in [0, 0.05) is 18.8 Å². The molecule has 17 heavy (non-hydrogen) atoms. The molecule has 0 atom stereocenters. The number of nitrogens with two attached hydrogens (primary N) is 1. The summed E-state index contributed by atoms with van der Waals surface area (Å²) in [5.41, 5.74) is 6.04. The molecule has 0 aliphatic rings. The number of hydrogen-bond acceptors (Lipinski definition) is 5. The Balaban J connectivity index is 2.49. The topological polar surface area (TPSA) is 94.3 Å². The summed E-state index contributed by atoms with van der Waals surface area (Å²) in [7, 11) is -1.72. The summed E-state index contributed by atoms with van der Waals surface area (Å²) < 4.78 is 30.3.